The molecular formula is C30H49N7O8S. The summed E-state index contributed by atoms with van der Waals surface area (Å²) in [4.78, 5) is 51.0. The van der Waals surface area contributed by atoms with E-state index >= 15 is 0 Å². The Morgan fingerprint density at radius 2 is 1.74 bits per heavy atom. The Kier molecular flexibility index (Phi) is 13.4. The fourth-order valence-electron chi connectivity index (χ4n) is 5.30. The number of nitrogens with zero attached hydrogens (tertiary/aromatic N) is 2. The highest BCUT2D eigenvalue weighted by Gasteiger charge is 2.36. The normalized spacial score (nSPS) is 15.2. The van der Waals surface area contributed by atoms with E-state index in [-0.39, 0.29) is 49.9 Å². The van der Waals surface area contributed by atoms with E-state index in [9.17, 15) is 27.6 Å². The van der Waals surface area contributed by atoms with Gasteiger partial charge in [-0.15, -0.1) is 4.40 Å². The Bertz CT molecular complexity index is 1460. The van der Waals surface area contributed by atoms with Crippen LogP contribution in [0.4, 0.5) is 0 Å². The van der Waals surface area contributed by atoms with E-state index in [4.69, 9.17) is 15.2 Å². The van der Waals surface area contributed by atoms with Crippen LogP contribution in [0.15, 0.2) is 9.29 Å². The van der Waals surface area contributed by atoms with Crippen molar-refractivity contribution in [3.05, 3.63) is 22.3 Å². The topological polar surface area (TPSA) is 211 Å². The van der Waals surface area contributed by atoms with Crippen molar-refractivity contribution in [2.24, 2.45) is 10.1 Å². The van der Waals surface area contributed by atoms with Gasteiger partial charge in [0.05, 0.1) is 11.5 Å². The molecule has 0 bridgehead atoms. The van der Waals surface area contributed by atoms with E-state index in [1.54, 1.807) is 27.8 Å². The number of carbonyl (C=O) groups is 4. The van der Waals surface area contributed by atoms with Gasteiger partial charge in [0.25, 0.3) is 10.0 Å². The number of likely N-dealkylation sites (N-methyl/N-ethyl adjacent to an activating group) is 2. The third-order valence-corrected chi connectivity index (χ3v) is 9.07. The molecule has 1 heterocycles. The predicted octanol–water partition coefficient (Wildman–Crippen LogP) is -0.0710. The monoisotopic (exact) mass is 667 g/mol. The molecule has 0 spiro atoms. The minimum atomic E-state index is -4.18. The Hall–Kier alpha value is -3.92. The number of sulfonamides is 1. The maximum Gasteiger partial charge on any atom is 0.325 e. The smallest absolute Gasteiger partial charge is 0.325 e. The summed E-state index contributed by atoms with van der Waals surface area (Å²) in [5.41, 5.74) is 8.20. The second-order valence-corrected chi connectivity index (χ2v) is 13.5. The van der Waals surface area contributed by atoms with Crippen LogP contribution in [0.5, 0.6) is 5.75 Å². The molecule has 1 aromatic carbocycles. The van der Waals surface area contributed by atoms with Gasteiger partial charge in [-0.2, -0.15) is 8.42 Å². The van der Waals surface area contributed by atoms with Crippen LogP contribution in [-0.4, -0.2) is 101 Å². The van der Waals surface area contributed by atoms with Crippen LogP contribution in [0, 0.1) is 20.8 Å². The van der Waals surface area contributed by atoms with Crippen molar-refractivity contribution >= 4 is 39.7 Å². The van der Waals surface area contributed by atoms with Crippen LogP contribution >= 0.6 is 0 Å². The maximum atomic E-state index is 13.4. The molecule has 0 fully saturated rings. The molecule has 1 aromatic rings. The summed E-state index contributed by atoms with van der Waals surface area (Å²) in [7, 11) is -1.16. The summed E-state index contributed by atoms with van der Waals surface area (Å²) in [6, 6.07) is -2.03. The molecule has 0 saturated heterocycles. The van der Waals surface area contributed by atoms with Crippen LogP contribution in [0.25, 0.3) is 0 Å². The van der Waals surface area contributed by atoms with Crippen LogP contribution in [0.2, 0.25) is 0 Å². The van der Waals surface area contributed by atoms with Gasteiger partial charge >= 0.3 is 5.97 Å². The number of esters is 1. The molecule has 258 valence electrons. The van der Waals surface area contributed by atoms with Gasteiger partial charge < -0.3 is 41.4 Å². The van der Waals surface area contributed by atoms with Gasteiger partial charge in [-0.1, -0.05) is 0 Å². The number of hydrogen-bond donors (Lipinski definition) is 5. The van der Waals surface area contributed by atoms with E-state index in [0.29, 0.717) is 23.3 Å². The van der Waals surface area contributed by atoms with Crippen molar-refractivity contribution in [2.75, 3.05) is 40.3 Å². The second-order valence-electron chi connectivity index (χ2n) is 11.9. The molecule has 16 heteroatoms. The largest absolute Gasteiger partial charge is 0.487 e. The van der Waals surface area contributed by atoms with E-state index in [0.717, 1.165) is 16.0 Å². The first-order chi connectivity index (χ1) is 21.3. The van der Waals surface area contributed by atoms with Crippen molar-refractivity contribution in [2.45, 2.75) is 90.3 Å². The molecule has 0 radical (unpaired) electrons. The fourth-order valence-corrected chi connectivity index (χ4v) is 6.76. The first kappa shape index (κ1) is 38.3. The van der Waals surface area contributed by atoms with E-state index in [1.807, 2.05) is 20.8 Å². The number of carbonyl (C=O) groups excluding carboxylic acids is 4. The van der Waals surface area contributed by atoms with Crippen LogP contribution in [0.1, 0.15) is 62.8 Å². The van der Waals surface area contributed by atoms with Crippen LogP contribution in [-0.2, 0) is 40.4 Å². The van der Waals surface area contributed by atoms with Gasteiger partial charge in [0.2, 0.25) is 23.7 Å². The number of fused-ring (bicyclic) bond motifs is 1. The van der Waals surface area contributed by atoms with Gasteiger partial charge in [0, 0.05) is 39.0 Å². The average Bonchev–Trinajstić information content (AvgIpc) is 3.28. The standard InChI is InChI=1S/C30H49N7O8S/c1-10-44-24(39)16-37(9)28(41)23(15-32-8)35-27(40)22(34-20(5)38)12-11-13-33-29(31)36-46(42,43)26-18(3)17(2)25-21(19(26)4)14-30(6,7)45-25/h22-23,32H,10-16H2,1-9H3,(H,34,38)(H,35,40)(H3,31,33,36). The zero-order valence-corrected chi connectivity index (χ0v) is 29.1. The van der Waals surface area contributed by atoms with Gasteiger partial charge in [0.15, 0.2) is 0 Å². The average molecular weight is 668 g/mol. The number of amides is 3. The number of hydrogen-bond acceptors (Lipinski definition) is 9. The molecule has 46 heavy (non-hydrogen) atoms. The molecule has 0 aromatic heterocycles. The molecule has 0 aliphatic carbocycles. The van der Waals surface area contributed by atoms with E-state index in [1.165, 1.54) is 14.0 Å². The number of ether oxygens (including phenoxy) is 2. The van der Waals surface area contributed by atoms with E-state index in [2.05, 4.69) is 25.7 Å². The molecule has 2 rings (SSSR count). The zero-order valence-electron chi connectivity index (χ0n) is 28.3. The number of nitrogens with one attached hydrogen (secondary N) is 4. The van der Waals surface area contributed by atoms with Crippen molar-refractivity contribution in [3.8, 4) is 5.75 Å². The van der Waals surface area contributed by atoms with Crippen molar-refractivity contribution in [1.29, 1.82) is 0 Å². The summed E-state index contributed by atoms with van der Waals surface area (Å²) in [5, 5.41) is 10.8. The first-order valence-corrected chi connectivity index (χ1v) is 16.6. The quantitative estimate of drug-likeness (QED) is 0.0723. The Labute approximate surface area is 271 Å². The predicted molar refractivity (Wildman–Crippen MR) is 173 cm³/mol. The lowest BCUT2D eigenvalue weighted by molar-refractivity contribution is -0.149. The SMILES string of the molecule is CCOC(=O)CN(C)C(=O)C(CNC)NC(=O)C(CCCNC(N)=NS(=O)(=O)c1c(C)c(C)c2c(c1C)CC(C)(C)O2)NC(C)=O. The molecule has 6 N–H and O–H groups in total. The number of rotatable bonds is 15. The zero-order chi connectivity index (χ0) is 35.0. The number of guanidine groups is 1. The highest BCUT2D eigenvalue weighted by Crippen LogP contribution is 2.44. The summed E-state index contributed by atoms with van der Waals surface area (Å²) in [6.45, 7) is 12.2. The summed E-state index contributed by atoms with van der Waals surface area (Å²) in [6.07, 6.45) is 0.979. The van der Waals surface area contributed by atoms with Crippen molar-refractivity contribution < 1.29 is 37.1 Å². The molecule has 2 unspecified atom stereocenters. The Morgan fingerprint density at radius 1 is 1.09 bits per heavy atom. The highest BCUT2D eigenvalue weighted by atomic mass is 32.2. The Morgan fingerprint density at radius 3 is 2.33 bits per heavy atom. The Balaban J connectivity index is 2.09. The van der Waals surface area contributed by atoms with Gasteiger partial charge in [-0.05, 0) is 78.1 Å². The highest BCUT2D eigenvalue weighted by molar-refractivity contribution is 7.90. The van der Waals surface area contributed by atoms with Crippen molar-refractivity contribution in [1.82, 2.24) is 26.2 Å². The fraction of sp³-hybridized carbons (Fsp3) is 0.633. The summed E-state index contributed by atoms with van der Waals surface area (Å²) in [5.74, 6) is -1.79. The lowest BCUT2D eigenvalue weighted by Crippen LogP contribution is -2.57. The number of benzene rings is 1. The minimum absolute atomic E-state index is 0.0705. The summed E-state index contributed by atoms with van der Waals surface area (Å²) < 4.78 is 41.6. The van der Waals surface area contributed by atoms with E-state index < -0.39 is 51.4 Å². The third-order valence-electron chi connectivity index (χ3n) is 7.51. The lowest BCUT2D eigenvalue weighted by Gasteiger charge is -2.26. The molecule has 0 saturated carbocycles. The molecule has 15 nitrogen and oxygen atoms in total. The van der Waals surface area contributed by atoms with Crippen LogP contribution < -0.4 is 31.7 Å². The lowest BCUT2D eigenvalue weighted by atomic mass is 9.94. The molecular weight excluding hydrogens is 618 g/mol. The maximum absolute atomic E-state index is 13.4. The third kappa shape index (κ3) is 10.0. The van der Waals surface area contributed by atoms with Crippen molar-refractivity contribution in [3.63, 3.8) is 0 Å². The minimum Gasteiger partial charge on any atom is -0.487 e. The molecule has 1 aliphatic heterocycles. The number of nitrogens with two attached hydrogens (primary N) is 1. The van der Waals surface area contributed by atoms with Gasteiger partial charge in [-0.25, -0.2) is 0 Å². The van der Waals surface area contributed by atoms with Crippen LogP contribution in [0.3, 0.4) is 0 Å². The van der Waals surface area contributed by atoms with Gasteiger partial charge in [0.1, 0.15) is 30.0 Å². The molecule has 3 amide bonds. The van der Waals surface area contributed by atoms with Gasteiger partial charge in [-0.3, -0.25) is 19.2 Å². The molecule has 1 aliphatic rings. The second kappa shape index (κ2) is 16.1. The summed E-state index contributed by atoms with van der Waals surface area (Å²) >= 11 is 0. The first-order valence-electron chi connectivity index (χ1n) is 15.1. The molecule has 2 atom stereocenters.